The number of hydrogen-bond acceptors (Lipinski definition) is 3. The molecule has 1 aromatic rings. The minimum atomic E-state index is -0.974. The lowest BCUT2D eigenvalue weighted by Gasteiger charge is -2.28. The van der Waals surface area contributed by atoms with Crippen LogP contribution in [0.3, 0.4) is 0 Å². The highest BCUT2D eigenvalue weighted by molar-refractivity contribution is 5.89. The maximum Gasteiger partial charge on any atom is 0.321 e. The van der Waals surface area contributed by atoms with Gasteiger partial charge in [-0.15, -0.1) is 0 Å². The maximum absolute atomic E-state index is 12.1. The van der Waals surface area contributed by atoms with Crippen LogP contribution in [0.5, 0.6) is 0 Å². The Hall–Kier alpha value is -2.08. The van der Waals surface area contributed by atoms with Gasteiger partial charge < -0.3 is 20.4 Å². The fourth-order valence-electron chi connectivity index (χ4n) is 1.93. The first kappa shape index (κ1) is 17.0. The molecule has 0 aliphatic carbocycles. The monoisotopic (exact) mass is 294 g/mol. The van der Waals surface area contributed by atoms with Crippen molar-refractivity contribution in [2.45, 2.75) is 32.8 Å². The fraction of sp³-hybridized carbons (Fsp3) is 0.467. The van der Waals surface area contributed by atoms with Crippen molar-refractivity contribution >= 4 is 17.7 Å². The molecule has 21 heavy (non-hydrogen) atoms. The first-order chi connectivity index (χ1) is 9.71. The molecule has 0 saturated heterocycles. The third kappa shape index (κ3) is 6.27. The molecule has 0 aromatic heterocycles. The highest BCUT2D eigenvalue weighted by atomic mass is 16.4. The Morgan fingerprint density at radius 2 is 2.00 bits per heavy atom. The summed E-state index contributed by atoms with van der Waals surface area (Å²) in [7, 11) is 0. The number of rotatable bonds is 6. The fourth-order valence-corrected chi connectivity index (χ4v) is 1.93. The largest absolute Gasteiger partial charge is 0.481 e. The molecule has 1 rings (SSSR count). The van der Waals surface area contributed by atoms with Gasteiger partial charge in [0, 0.05) is 12.2 Å². The minimum Gasteiger partial charge on any atom is -0.481 e. The van der Waals surface area contributed by atoms with Crippen LogP contribution in [0.1, 0.15) is 26.3 Å². The first-order valence-corrected chi connectivity index (χ1v) is 6.80. The molecule has 6 heteroatoms. The van der Waals surface area contributed by atoms with E-state index in [1.807, 2.05) is 6.92 Å². The SMILES string of the molecule is CCN(CC(C)(C)O)C(=O)Nc1cccc(CC(=O)O)c1. The van der Waals surface area contributed by atoms with E-state index in [-0.39, 0.29) is 19.0 Å². The maximum atomic E-state index is 12.1. The lowest BCUT2D eigenvalue weighted by atomic mass is 10.1. The summed E-state index contributed by atoms with van der Waals surface area (Å²) in [5, 5.41) is 21.3. The van der Waals surface area contributed by atoms with E-state index in [1.165, 1.54) is 4.90 Å². The zero-order valence-corrected chi connectivity index (χ0v) is 12.6. The summed E-state index contributed by atoms with van der Waals surface area (Å²) in [6.07, 6.45) is -0.0924. The van der Waals surface area contributed by atoms with Crippen molar-refractivity contribution in [1.29, 1.82) is 0 Å². The number of anilines is 1. The van der Waals surface area contributed by atoms with E-state index in [9.17, 15) is 14.7 Å². The Morgan fingerprint density at radius 3 is 2.52 bits per heavy atom. The van der Waals surface area contributed by atoms with Crippen LogP contribution in [0.4, 0.5) is 10.5 Å². The van der Waals surface area contributed by atoms with Crippen LogP contribution in [0, 0.1) is 0 Å². The minimum absolute atomic E-state index is 0.0924. The Kier molecular flexibility index (Phi) is 5.72. The summed E-state index contributed by atoms with van der Waals surface area (Å²) < 4.78 is 0. The van der Waals surface area contributed by atoms with E-state index < -0.39 is 11.6 Å². The van der Waals surface area contributed by atoms with Crippen LogP contribution in [0.15, 0.2) is 24.3 Å². The zero-order valence-electron chi connectivity index (χ0n) is 12.6. The Bertz CT molecular complexity index is 509. The van der Waals surface area contributed by atoms with Crippen LogP contribution in [-0.4, -0.2) is 45.8 Å². The zero-order chi connectivity index (χ0) is 16.0. The second kappa shape index (κ2) is 7.08. The topological polar surface area (TPSA) is 89.9 Å². The normalized spacial score (nSPS) is 11.0. The summed E-state index contributed by atoms with van der Waals surface area (Å²) in [6, 6.07) is 6.39. The number of nitrogens with zero attached hydrogens (tertiary/aromatic N) is 1. The molecule has 0 atom stereocenters. The smallest absolute Gasteiger partial charge is 0.321 e. The number of benzene rings is 1. The van der Waals surface area contributed by atoms with Crippen molar-refractivity contribution in [2.24, 2.45) is 0 Å². The van der Waals surface area contributed by atoms with E-state index in [4.69, 9.17) is 5.11 Å². The summed E-state index contributed by atoms with van der Waals surface area (Å²) in [4.78, 5) is 24.3. The predicted octanol–water partition coefficient (Wildman–Crippen LogP) is 1.94. The molecule has 0 radical (unpaired) electrons. The number of carboxylic acid groups (broad SMARTS) is 1. The molecule has 0 saturated carbocycles. The second-order valence-electron chi connectivity index (χ2n) is 5.53. The van der Waals surface area contributed by atoms with Crippen molar-refractivity contribution in [3.05, 3.63) is 29.8 Å². The number of hydrogen-bond donors (Lipinski definition) is 3. The van der Waals surface area contributed by atoms with Crippen molar-refractivity contribution in [3.8, 4) is 0 Å². The van der Waals surface area contributed by atoms with Crippen LogP contribution in [0.25, 0.3) is 0 Å². The number of carbonyl (C=O) groups is 2. The van der Waals surface area contributed by atoms with Crippen LogP contribution in [-0.2, 0) is 11.2 Å². The van der Waals surface area contributed by atoms with Crippen molar-refractivity contribution in [1.82, 2.24) is 4.90 Å². The van der Waals surface area contributed by atoms with Crippen LogP contribution < -0.4 is 5.32 Å². The average molecular weight is 294 g/mol. The number of carbonyl (C=O) groups excluding carboxylic acids is 1. The van der Waals surface area contributed by atoms with Gasteiger partial charge in [0.25, 0.3) is 0 Å². The molecule has 2 amide bonds. The van der Waals surface area contributed by atoms with Gasteiger partial charge >= 0.3 is 12.0 Å². The molecule has 0 spiro atoms. The lowest BCUT2D eigenvalue weighted by molar-refractivity contribution is -0.136. The molecular weight excluding hydrogens is 272 g/mol. The molecule has 0 aliphatic heterocycles. The van der Waals surface area contributed by atoms with E-state index in [1.54, 1.807) is 38.1 Å². The number of carboxylic acids is 1. The molecule has 0 unspecified atom stereocenters. The van der Waals surface area contributed by atoms with Gasteiger partial charge in [-0.25, -0.2) is 4.79 Å². The average Bonchev–Trinajstić information content (AvgIpc) is 2.34. The van der Waals surface area contributed by atoms with Gasteiger partial charge in [0.05, 0.1) is 18.6 Å². The van der Waals surface area contributed by atoms with Crippen molar-refractivity contribution in [3.63, 3.8) is 0 Å². The van der Waals surface area contributed by atoms with Crippen LogP contribution in [0.2, 0.25) is 0 Å². The van der Waals surface area contributed by atoms with Crippen LogP contribution >= 0.6 is 0 Å². The third-order valence-electron chi connectivity index (χ3n) is 2.78. The highest BCUT2D eigenvalue weighted by Gasteiger charge is 2.21. The lowest BCUT2D eigenvalue weighted by Crippen LogP contribution is -2.44. The molecule has 0 fully saturated rings. The summed E-state index contributed by atoms with van der Waals surface area (Å²) >= 11 is 0. The quantitative estimate of drug-likeness (QED) is 0.748. The van der Waals surface area contributed by atoms with Crippen molar-refractivity contribution in [2.75, 3.05) is 18.4 Å². The molecular formula is C15H22N2O4. The summed E-state index contributed by atoms with van der Waals surface area (Å²) in [5.41, 5.74) is 0.178. The van der Waals surface area contributed by atoms with Gasteiger partial charge in [0.2, 0.25) is 0 Å². The standard InChI is InChI=1S/C15H22N2O4/c1-4-17(10-15(2,3)21)14(20)16-12-7-5-6-11(8-12)9-13(18)19/h5-8,21H,4,9-10H2,1-3H3,(H,16,20)(H,18,19). The van der Waals surface area contributed by atoms with Gasteiger partial charge in [-0.05, 0) is 38.5 Å². The van der Waals surface area contributed by atoms with Crippen molar-refractivity contribution < 1.29 is 19.8 Å². The van der Waals surface area contributed by atoms with Gasteiger partial charge in [0.1, 0.15) is 0 Å². The second-order valence-corrected chi connectivity index (χ2v) is 5.53. The van der Waals surface area contributed by atoms with Gasteiger partial charge in [-0.3, -0.25) is 4.79 Å². The Labute approximate surface area is 124 Å². The number of urea groups is 1. The summed E-state index contributed by atoms with van der Waals surface area (Å²) in [6.45, 7) is 5.77. The Balaban J connectivity index is 2.75. The molecule has 6 nitrogen and oxygen atoms in total. The van der Waals surface area contributed by atoms with E-state index in [0.717, 1.165) is 0 Å². The predicted molar refractivity (Wildman–Crippen MR) is 80.3 cm³/mol. The van der Waals surface area contributed by atoms with E-state index in [0.29, 0.717) is 17.8 Å². The van der Waals surface area contributed by atoms with Gasteiger partial charge in [0.15, 0.2) is 0 Å². The molecule has 3 N–H and O–H groups in total. The Morgan fingerprint density at radius 1 is 1.33 bits per heavy atom. The molecule has 0 heterocycles. The number of aliphatic hydroxyl groups is 1. The summed E-state index contributed by atoms with van der Waals surface area (Å²) in [5.74, 6) is -0.921. The number of aliphatic carboxylic acids is 1. The molecule has 0 bridgehead atoms. The molecule has 1 aromatic carbocycles. The molecule has 0 aliphatic rings. The highest BCUT2D eigenvalue weighted by Crippen LogP contribution is 2.13. The van der Waals surface area contributed by atoms with Gasteiger partial charge in [-0.1, -0.05) is 12.1 Å². The number of likely N-dealkylation sites (N-methyl/N-ethyl adjacent to an activating group) is 1. The van der Waals surface area contributed by atoms with E-state index >= 15 is 0 Å². The molecule has 116 valence electrons. The van der Waals surface area contributed by atoms with Gasteiger partial charge in [-0.2, -0.15) is 0 Å². The van der Waals surface area contributed by atoms with E-state index in [2.05, 4.69) is 5.32 Å². The third-order valence-corrected chi connectivity index (χ3v) is 2.78. The number of nitrogens with one attached hydrogen (secondary N) is 1. The first-order valence-electron chi connectivity index (χ1n) is 6.80. The number of amides is 2.